The normalized spacial score (nSPS) is 11.2. The van der Waals surface area contributed by atoms with Gasteiger partial charge in [-0.3, -0.25) is 0 Å². The Hall–Kier alpha value is -1.41. The molecule has 0 saturated carbocycles. The maximum absolute atomic E-state index is 10.8. The maximum atomic E-state index is 10.8. The van der Waals surface area contributed by atoms with Gasteiger partial charge in [-0.1, -0.05) is 0 Å². The highest BCUT2D eigenvalue weighted by Gasteiger charge is 2.04. The van der Waals surface area contributed by atoms with Crippen molar-refractivity contribution < 1.29 is 8.42 Å². The number of anilines is 2. The summed E-state index contributed by atoms with van der Waals surface area (Å²) in [5.41, 5.74) is 0.800. The Labute approximate surface area is 101 Å². The summed E-state index contributed by atoms with van der Waals surface area (Å²) in [6, 6.07) is 1.74. The Kier molecular flexibility index (Phi) is 4.64. The number of aryl methyl sites for hydroxylation is 1. The van der Waals surface area contributed by atoms with Crippen molar-refractivity contribution in [3.63, 3.8) is 0 Å². The summed E-state index contributed by atoms with van der Waals surface area (Å²) in [5.74, 6) is 0.967. The Morgan fingerprint density at radius 2 is 2.06 bits per heavy atom. The summed E-state index contributed by atoms with van der Waals surface area (Å²) in [7, 11) is -3.45. The summed E-state index contributed by atoms with van der Waals surface area (Å²) in [5, 5.41) is 10.8. The second kappa shape index (κ2) is 5.78. The van der Waals surface area contributed by atoms with Crippen molar-refractivity contribution in [2.24, 2.45) is 5.14 Å². The predicted octanol–water partition coefficient (Wildman–Crippen LogP) is -0.0828. The molecule has 0 aliphatic rings. The first-order valence-electron chi connectivity index (χ1n) is 5.24. The molecule has 1 rings (SSSR count). The van der Waals surface area contributed by atoms with Gasteiger partial charge >= 0.3 is 0 Å². The van der Waals surface area contributed by atoms with E-state index >= 15 is 0 Å². The van der Waals surface area contributed by atoms with E-state index < -0.39 is 10.0 Å². The van der Waals surface area contributed by atoms with Crippen molar-refractivity contribution in [1.29, 1.82) is 0 Å². The molecule has 8 heteroatoms. The smallest absolute Gasteiger partial charge is 0.224 e. The lowest BCUT2D eigenvalue weighted by Gasteiger charge is -2.08. The minimum Gasteiger partial charge on any atom is -0.369 e. The number of nitrogens with zero attached hydrogens (tertiary/aromatic N) is 2. The number of hydrogen-bond donors (Lipinski definition) is 3. The van der Waals surface area contributed by atoms with Gasteiger partial charge in [0.15, 0.2) is 0 Å². The van der Waals surface area contributed by atoms with Gasteiger partial charge in [0.2, 0.25) is 16.0 Å². The van der Waals surface area contributed by atoms with E-state index in [0.29, 0.717) is 11.8 Å². The molecule has 0 bridgehead atoms. The van der Waals surface area contributed by atoms with Crippen LogP contribution in [-0.4, -0.2) is 37.2 Å². The first-order valence-corrected chi connectivity index (χ1v) is 6.96. The van der Waals surface area contributed by atoms with Gasteiger partial charge in [-0.15, -0.1) is 0 Å². The zero-order valence-electron chi connectivity index (χ0n) is 9.90. The Bertz CT molecular complexity index is 474. The number of rotatable bonds is 6. The van der Waals surface area contributed by atoms with Crippen LogP contribution in [0.4, 0.5) is 11.8 Å². The van der Waals surface area contributed by atoms with Gasteiger partial charge in [-0.2, -0.15) is 4.98 Å². The van der Waals surface area contributed by atoms with Crippen LogP contribution < -0.4 is 15.8 Å². The van der Waals surface area contributed by atoms with Crippen LogP contribution in [0.3, 0.4) is 0 Å². The fourth-order valence-corrected chi connectivity index (χ4v) is 1.60. The molecule has 0 saturated heterocycles. The van der Waals surface area contributed by atoms with Crippen LogP contribution in [0.2, 0.25) is 0 Å². The van der Waals surface area contributed by atoms with Gasteiger partial charge in [0.1, 0.15) is 5.82 Å². The lowest BCUT2D eigenvalue weighted by atomic mass is 10.4. The highest BCUT2D eigenvalue weighted by atomic mass is 32.2. The monoisotopic (exact) mass is 259 g/mol. The van der Waals surface area contributed by atoms with E-state index in [9.17, 15) is 8.42 Å². The molecule has 4 N–H and O–H groups in total. The zero-order valence-corrected chi connectivity index (χ0v) is 10.7. The van der Waals surface area contributed by atoms with Crippen LogP contribution in [-0.2, 0) is 10.0 Å². The highest BCUT2D eigenvalue weighted by Crippen LogP contribution is 2.08. The molecule has 1 heterocycles. The van der Waals surface area contributed by atoms with Gasteiger partial charge < -0.3 is 10.6 Å². The Morgan fingerprint density at radius 1 is 1.35 bits per heavy atom. The third-order valence-corrected chi connectivity index (χ3v) is 2.65. The van der Waals surface area contributed by atoms with Gasteiger partial charge in [0, 0.05) is 24.8 Å². The molecule has 0 aliphatic heterocycles. The quantitative estimate of drug-likeness (QED) is 0.659. The molecule has 0 aromatic carbocycles. The number of aromatic nitrogens is 2. The van der Waals surface area contributed by atoms with Crippen molar-refractivity contribution in [1.82, 2.24) is 9.97 Å². The molecule has 0 unspecified atom stereocenters. The third-order valence-electron chi connectivity index (χ3n) is 1.88. The second-order valence-electron chi connectivity index (χ2n) is 3.54. The topological polar surface area (TPSA) is 110 Å². The fraction of sp³-hybridized carbons (Fsp3) is 0.556. The van der Waals surface area contributed by atoms with Crippen LogP contribution in [0.25, 0.3) is 0 Å². The highest BCUT2D eigenvalue weighted by molar-refractivity contribution is 7.89. The van der Waals surface area contributed by atoms with E-state index in [1.165, 1.54) is 0 Å². The summed E-state index contributed by atoms with van der Waals surface area (Å²) >= 11 is 0. The molecule has 17 heavy (non-hydrogen) atoms. The number of primary sulfonamides is 1. The average Bonchev–Trinajstić information content (AvgIpc) is 2.15. The van der Waals surface area contributed by atoms with Crippen molar-refractivity contribution >= 4 is 21.8 Å². The van der Waals surface area contributed by atoms with Crippen molar-refractivity contribution in [2.45, 2.75) is 13.8 Å². The number of sulfonamides is 1. The fourth-order valence-electron chi connectivity index (χ4n) is 1.22. The van der Waals surface area contributed by atoms with Crippen molar-refractivity contribution in [3.8, 4) is 0 Å². The van der Waals surface area contributed by atoms with Crippen LogP contribution in [0.1, 0.15) is 12.6 Å². The summed E-state index contributed by atoms with van der Waals surface area (Å²) in [6.07, 6.45) is 0. The van der Waals surface area contributed by atoms with E-state index in [1.807, 2.05) is 13.8 Å². The zero-order chi connectivity index (χ0) is 12.9. The number of nitrogens with one attached hydrogen (secondary N) is 2. The van der Waals surface area contributed by atoms with Gasteiger partial charge in [-0.25, -0.2) is 18.5 Å². The number of nitrogens with two attached hydrogens (primary N) is 1. The van der Waals surface area contributed by atoms with Crippen LogP contribution >= 0.6 is 0 Å². The minimum absolute atomic E-state index is 0.132. The molecule has 96 valence electrons. The van der Waals surface area contributed by atoms with E-state index in [-0.39, 0.29) is 12.3 Å². The maximum Gasteiger partial charge on any atom is 0.224 e. The van der Waals surface area contributed by atoms with Crippen LogP contribution in [0, 0.1) is 6.92 Å². The Balaban J connectivity index is 2.64. The van der Waals surface area contributed by atoms with E-state index in [2.05, 4.69) is 20.6 Å². The lowest BCUT2D eigenvalue weighted by molar-refractivity contribution is 0.598. The molecule has 0 amide bonds. The average molecular weight is 259 g/mol. The SMILES string of the molecule is CCNc1nc(C)cc(NCCS(N)(=O)=O)n1. The number of hydrogen-bond acceptors (Lipinski definition) is 6. The molecule has 0 radical (unpaired) electrons. The molecule has 0 fully saturated rings. The standard InChI is InChI=1S/C9H17N5O2S/c1-3-11-9-13-7(2)6-8(14-9)12-4-5-17(10,15)16/h6H,3-5H2,1-2H3,(H2,10,15,16)(H2,11,12,13,14). The molecule has 7 nitrogen and oxygen atoms in total. The summed E-state index contributed by atoms with van der Waals surface area (Å²) < 4.78 is 21.5. The van der Waals surface area contributed by atoms with Gasteiger partial charge in [-0.05, 0) is 13.8 Å². The molecular weight excluding hydrogens is 242 g/mol. The molecule has 0 spiro atoms. The molecule has 0 atom stereocenters. The van der Waals surface area contributed by atoms with E-state index in [4.69, 9.17) is 5.14 Å². The van der Waals surface area contributed by atoms with Crippen molar-refractivity contribution in [2.75, 3.05) is 29.5 Å². The second-order valence-corrected chi connectivity index (χ2v) is 5.28. The van der Waals surface area contributed by atoms with Gasteiger partial charge in [0.25, 0.3) is 0 Å². The molecule has 0 aliphatic carbocycles. The predicted molar refractivity (Wildman–Crippen MR) is 67.4 cm³/mol. The minimum atomic E-state index is -3.45. The molecule has 1 aromatic heterocycles. The summed E-state index contributed by atoms with van der Waals surface area (Å²) in [4.78, 5) is 8.35. The first-order chi connectivity index (χ1) is 7.90. The van der Waals surface area contributed by atoms with E-state index in [1.54, 1.807) is 6.07 Å². The lowest BCUT2D eigenvalue weighted by Crippen LogP contribution is -2.22. The first kappa shape index (κ1) is 13.7. The Morgan fingerprint density at radius 3 is 2.65 bits per heavy atom. The molecular formula is C9H17N5O2S. The van der Waals surface area contributed by atoms with E-state index in [0.717, 1.165) is 12.2 Å². The summed E-state index contributed by atoms with van der Waals surface area (Å²) in [6.45, 7) is 4.73. The van der Waals surface area contributed by atoms with Crippen LogP contribution in [0.15, 0.2) is 6.07 Å². The largest absolute Gasteiger partial charge is 0.369 e. The third kappa shape index (κ3) is 5.45. The van der Waals surface area contributed by atoms with Crippen LogP contribution in [0.5, 0.6) is 0 Å². The van der Waals surface area contributed by atoms with Gasteiger partial charge in [0.05, 0.1) is 5.75 Å². The van der Waals surface area contributed by atoms with Crippen molar-refractivity contribution in [3.05, 3.63) is 11.8 Å². The molecule has 1 aromatic rings.